The molecule has 0 aliphatic carbocycles. The number of hydrogen-bond acceptors (Lipinski definition) is 6. The molecule has 0 radical (unpaired) electrons. The van der Waals surface area contributed by atoms with Gasteiger partial charge in [0.2, 0.25) is 5.91 Å². The number of Topliss-reactive ketones (excluding diaryl/α,β-unsaturated/α-hetero) is 1. The average molecular weight is 427 g/mol. The number of amides is 1. The van der Waals surface area contributed by atoms with Gasteiger partial charge in [0.15, 0.2) is 16.8 Å². The predicted molar refractivity (Wildman–Crippen MR) is 117 cm³/mol. The molecule has 3 heterocycles. The van der Waals surface area contributed by atoms with E-state index in [9.17, 15) is 9.59 Å². The first-order chi connectivity index (χ1) is 14.0. The Hall–Kier alpha value is -2.45. The third-order valence-corrected chi connectivity index (χ3v) is 7.01. The van der Waals surface area contributed by atoms with Gasteiger partial charge in [0, 0.05) is 31.3 Å². The molecule has 6 nitrogen and oxygen atoms in total. The molecule has 1 aliphatic heterocycles. The highest BCUT2D eigenvalue weighted by atomic mass is 32.2. The van der Waals surface area contributed by atoms with E-state index in [0.29, 0.717) is 12.1 Å². The Balaban J connectivity index is 1.53. The van der Waals surface area contributed by atoms with Crippen LogP contribution in [0.1, 0.15) is 36.7 Å². The van der Waals surface area contributed by atoms with E-state index in [1.54, 1.807) is 23.2 Å². The van der Waals surface area contributed by atoms with Crippen molar-refractivity contribution in [2.75, 3.05) is 11.4 Å². The highest BCUT2D eigenvalue weighted by molar-refractivity contribution is 8.00. The van der Waals surface area contributed by atoms with Crippen molar-refractivity contribution in [3.05, 3.63) is 46.8 Å². The van der Waals surface area contributed by atoms with Crippen LogP contribution in [0.2, 0.25) is 0 Å². The van der Waals surface area contributed by atoms with Crippen molar-refractivity contribution >= 4 is 40.5 Å². The van der Waals surface area contributed by atoms with Gasteiger partial charge in [-0.05, 0) is 55.5 Å². The Labute approximate surface area is 177 Å². The van der Waals surface area contributed by atoms with E-state index in [4.69, 9.17) is 0 Å². The van der Waals surface area contributed by atoms with Gasteiger partial charge in [0.1, 0.15) is 0 Å². The largest absolute Gasteiger partial charge is 0.312 e. The summed E-state index contributed by atoms with van der Waals surface area (Å²) in [5, 5.41) is 11.2. The zero-order valence-corrected chi connectivity index (χ0v) is 18.2. The minimum absolute atomic E-state index is 0.0344. The van der Waals surface area contributed by atoms with Crippen molar-refractivity contribution in [3.8, 4) is 10.7 Å². The number of carbonyl (C=O) groups excluding carboxylic acids is 2. The smallest absolute Gasteiger partial charge is 0.223 e. The van der Waals surface area contributed by atoms with Gasteiger partial charge in [0.25, 0.3) is 0 Å². The Morgan fingerprint density at radius 1 is 1.28 bits per heavy atom. The third kappa shape index (κ3) is 3.74. The fourth-order valence-corrected chi connectivity index (χ4v) is 5.28. The lowest BCUT2D eigenvalue weighted by atomic mass is 10.0. The normalized spacial score (nSPS) is 14.1. The standard InChI is InChI=1S/C21H22N4O2S2/c1-4-24-20(18-6-5-11-28-18)22-23-21(24)29-13(2)19(27)16-7-8-17-15(12-16)9-10-25(17)14(3)26/h5-8,11-13H,4,9-10H2,1-3H3. The number of thiophene rings is 1. The number of carbonyl (C=O) groups is 2. The van der Waals surface area contributed by atoms with Gasteiger partial charge in [-0.3, -0.25) is 9.59 Å². The van der Waals surface area contributed by atoms with Crippen LogP contribution >= 0.6 is 23.1 Å². The van der Waals surface area contributed by atoms with E-state index in [1.807, 2.05) is 47.2 Å². The second-order valence-corrected chi connectivity index (χ2v) is 9.17. The molecule has 0 N–H and O–H groups in total. The number of thioether (sulfide) groups is 1. The maximum Gasteiger partial charge on any atom is 0.223 e. The summed E-state index contributed by atoms with van der Waals surface area (Å²) in [6.07, 6.45) is 0.784. The molecule has 1 atom stereocenters. The molecule has 2 aromatic heterocycles. The van der Waals surface area contributed by atoms with Crippen LogP contribution in [0.15, 0.2) is 40.9 Å². The molecular formula is C21H22N4O2S2. The van der Waals surface area contributed by atoms with Crippen LogP contribution in [0, 0.1) is 0 Å². The molecule has 0 bridgehead atoms. The fourth-order valence-electron chi connectivity index (χ4n) is 3.58. The lowest BCUT2D eigenvalue weighted by Crippen LogP contribution is -2.25. The summed E-state index contributed by atoms with van der Waals surface area (Å²) in [4.78, 5) is 27.6. The summed E-state index contributed by atoms with van der Waals surface area (Å²) in [5.74, 6) is 0.932. The zero-order chi connectivity index (χ0) is 20.5. The van der Waals surface area contributed by atoms with Gasteiger partial charge < -0.3 is 9.47 Å². The Morgan fingerprint density at radius 2 is 2.10 bits per heavy atom. The van der Waals surface area contributed by atoms with Crippen molar-refractivity contribution < 1.29 is 9.59 Å². The predicted octanol–water partition coefficient (Wildman–Crippen LogP) is 4.30. The van der Waals surface area contributed by atoms with E-state index in [0.717, 1.165) is 40.1 Å². The summed E-state index contributed by atoms with van der Waals surface area (Å²) < 4.78 is 2.05. The Morgan fingerprint density at radius 3 is 2.79 bits per heavy atom. The highest BCUT2D eigenvalue weighted by Gasteiger charge is 2.26. The second-order valence-electron chi connectivity index (χ2n) is 6.92. The molecule has 8 heteroatoms. The molecule has 0 spiro atoms. The first kappa shape index (κ1) is 19.8. The van der Waals surface area contributed by atoms with Gasteiger partial charge >= 0.3 is 0 Å². The first-order valence-corrected chi connectivity index (χ1v) is 11.3. The van der Waals surface area contributed by atoms with E-state index in [1.165, 1.54) is 11.8 Å². The Bertz CT molecular complexity index is 1060. The van der Waals surface area contributed by atoms with Crippen LogP contribution in [0.4, 0.5) is 5.69 Å². The van der Waals surface area contributed by atoms with Crippen molar-refractivity contribution in [2.45, 2.75) is 44.1 Å². The molecular weight excluding hydrogens is 404 g/mol. The number of ketones is 1. The summed E-state index contributed by atoms with van der Waals surface area (Å²) in [5.41, 5.74) is 2.65. The summed E-state index contributed by atoms with van der Waals surface area (Å²) >= 11 is 3.06. The van der Waals surface area contributed by atoms with Crippen LogP contribution in [0.25, 0.3) is 10.7 Å². The average Bonchev–Trinajstić information content (AvgIpc) is 3.45. The lowest BCUT2D eigenvalue weighted by molar-refractivity contribution is -0.116. The molecule has 0 saturated heterocycles. The molecule has 3 aromatic rings. The number of fused-ring (bicyclic) bond motifs is 1. The van der Waals surface area contributed by atoms with Gasteiger partial charge in [-0.1, -0.05) is 17.8 Å². The van der Waals surface area contributed by atoms with Gasteiger partial charge in [0.05, 0.1) is 10.1 Å². The zero-order valence-electron chi connectivity index (χ0n) is 16.6. The van der Waals surface area contributed by atoms with Crippen LogP contribution in [0.5, 0.6) is 0 Å². The Kier molecular flexibility index (Phi) is 5.56. The summed E-state index contributed by atoms with van der Waals surface area (Å²) in [7, 11) is 0. The lowest BCUT2D eigenvalue weighted by Gasteiger charge is -2.15. The quantitative estimate of drug-likeness (QED) is 0.434. The maximum atomic E-state index is 13.0. The number of anilines is 1. The van der Waals surface area contributed by atoms with Crippen LogP contribution < -0.4 is 4.90 Å². The number of aromatic nitrogens is 3. The van der Waals surface area contributed by atoms with Crippen molar-refractivity contribution in [2.24, 2.45) is 0 Å². The molecule has 1 aliphatic rings. The molecule has 1 unspecified atom stereocenters. The van der Waals surface area contributed by atoms with Crippen molar-refractivity contribution in [3.63, 3.8) is 0 Å². The monoisotopic (exact) mass is 426 g/mol. The number of hydrogen-bond donors (Lipinski definition) is 0. The minimum atomic E-state index is -0.288. The van der Waals surface area contributed by atoms with Gasteiger partial charge in [-0.2, -0.15) is 0 Å². The van der Waals surface area contributed by atoms with Crippen molar-refractivity contribution in [1.29, 1.82) is 0 Å². The molecule has 150 valence electrons. The minimum Gasteiger partial charge on any atom is -0.312 e. The van der Waals surface area contributed by atoms with E-state index >= 15 is 0 Å². The highest BCUT2D eigenvalue weighted by Crippen LogP contribution is 2.32. The number of nitrogens with zero attached hydrogens (tertiary/aromatic N) is 4. The first-order valence-electron chi connectivity index (χ1n) is 9.58. The van der Waals surface area contributed by atoms with Gasteiger partial charge in [-0.25, -0.2) is 0 Å². The van der Waals surface area contributed by atoms with E-state index in [-0.39, 0.29) is 16.9 Å². The number of benzene rings is 1. The maximum absolute atomic E-state index is 13.0. The van der Waals surface area contributed by atoms with Crippen LogP contribution in [0.3, 0.4) is 0 Å². The third-order valence-electron chi connectivity index (χ3n) is 5.07. The van der Waals surface area contributed by atoms with Crippen molar-refractivity contribution in [1.82, 2.24) is 14.8 Å². The molecule has 0 saturated carbocycles. The summed E-state index contributed by atoms with van der Waals surface area (Å²) in [6.45, 7) is 6.95. The molecule has 1 aromatic carbocycles. The number of rotatable bonds is 6. The SMILES string of the molecule is CCn1c(SC(C)C(=O)c2ccc3c(c2)CCN3C(C)=O)nnc1-c1cccs1. The van der Waals surface area contributed by atoms with Crippen LogP contribution in [-0.4, -0.2) is 38.2 Å². The molecule has 4 rings (SSSR count). The fraction of sp³-hybridized carbons (Fsp3) is 0.333. The molecule has 1 amide bonds. The second kappa shape index (κ2) is 8.12. The van der Waals surface area contributed by atoms with Crippen LogP contribution in [-0.2, 0) is 17.8 Å². The summed E-state index contributed by atoms with van der Waals surface area (Å²) in [6, 6.07) is 9.66. The topological polar surface area (TPSA) is 68.1 Å². The molecule has 29 heavy (non-hydrogen) atoms. The van der Waals surface area contributed by atoms with E-state index < -0.39 is 0 Å². The molecule has 0 fully saturated rings. The van der Waals surface area contributed by atoms with Gasteiger partial charge in [-0.15, -0.1) is 21.5 Å². The van der Waals surface area contributed by atoms with E-state index in [2.05, 4.69) is 17.1 Å².